The molecule has 0 spiro atoms. The van der Waals surface area contributed by atoms with Crippen LogP contribution in [0.4, 0.5) is 5.69 Å². The summed E-state index contributed by atoms with van der Waals surface area (Å²) in [6, 6.07) is 9.20. The number of aryl methyl sites for hydroxylation is 2. The Kier molecular flexibility index (Phi) is 6.74. The van der Waals surface area contributed by atoms with Crippen LogP contribution in [0.5, 0.6) is 5.75 Å². The lowest BCUT2D eigenvalue weighted by Crippen LogP contribution is -2.31. The molecule has 0 saturated carbocycles. The van der Waals surface area contributed by atoms with E-state index < -0.39 is 20.0 Å². The molecule has 0 amide bonds. The van der Waals surface area contributed by atoms with Crippen molar-refractivity contribution in [1.29, 1.82) is 0 Å². The minimum absolute atomic E-state index is 0.171. The van der Waals surface area contributed by atoms with Gasteiger partial charge in [-0.25, -0.2) is 16.8 Å². The zero-order chi connectivity index (χ0) is 21.9. The van der Waals surface area contributed by atoms with Crippen LogP contribution in [0.2, 0.25) is 0 Å². The molecule has 0 bridgehead atoms. The molecule has 1 heterocycles. The van der Waals surface area contributed by atoms with Crippen molar-refractivity contribution in [3.63, 3.8) is 0 Å². The van der Waals surface area contributed by atoms with Crippen molar-refractivity contribution < 1.29 is 21.6 Å². The van der Waals surface area contributed by atoms with Gasteiger partial charge in [0.05, 0.1) is 16.9 Å². The quantitative estimate of drug-likeness (QED) is 0.722. The van der Waals surface area contributed by atoms with E-state index in [2.05, 4.69) is 4.72 Å². The molecule has 164 valence electrons. The van der Waals surface area contributed by atoms with Crippen LogP contribution < -0.4 is 9.46 Å². The fraction of sp³-hybridized carbons (Fsp3) is 0.429. The van der Waals surface area contributed by atoms with Crippen LogP contribution in [0, 0.1) is 13.8 Å². The van der Waals surface area contributed by atoms with Gasteiger partial charge in [-0.15, -0.1) is 0 Å². The Bertz CT molecular complexity index is 1080. The molecule has 0 unspecified atom stereocenters. The lowest BCUT2D eigenvalue weighted by atomic mass is 10.1. The minimum Gasteiger partial charge on any atom is -0.497 e. The van der Waals surface area contributed by atoms with Crippen LogP contribution in [0.25, 0.3) is 0 Å². The standard InChI is InChI=1S/C21H28N2O5S2/c1-16-14-19(28-3)15-17(2)21(16)29(24,25)22-18-8-10-20(11-9-18)30(26,27)23-12-6-4-5-7-13-23/h8-11,14-15,22H,4-7,12-13H2,1-3H3. The summed E-state index contributed by atoms with van der Waals surface area (Å²) in [6.07, 6.45) is 3.79. The van der Waals surface area contributed by atoms with Crippen molar-refractivity contribution in [1.82, 2.24) is 4.31 Å². The molecular formula is C21H28N2O5S2. The molecule has 7 nitrogen and oxygen atoms in total. The van der Waals surface area contributed by atoms with Gasteiger partial charge in [-0.05, 0) is 74.2 Å². The summed E-state index contributed by atoms with van der Waals surface area (Å²) in [5, 5.41) is 0. The van der Waals surface area contributed by atoms with Gasteiger partial charge in [0, 0.05) is 18.8 Å². The number of rotatable bonds is 6. The summed E-state index contributed by atoms with van der Waals surface area (Å²) < 4.78 is 60.9. The Morgan fingerprint density at radius 1 is 0.867 bits per heavy atom. The van der Waals surface area contributed by atoms with Crippen molar-refractivity contribution in [2.75, 3.05) is 24.9 Å². The molecule has 1 saturated heterocycles. The fourth-order valence-electron chi connectivity index (χ4n) is 3.78. The molecule has 30 heavy (non-hydrogen) atoms. The predicted octanol–water partition coefficient (Wildman–Crippen LogP) is 3.68. The Morgan fingerprint density at radius 3 is 1.90 bits per heavy atom. The first kappa shape index (κ1) is 22.6. The Labute approximate surface area is 179 Å². The van der Waals surface area contributed by atoms with E-state index in [0.29, 0.717) is 35.7 Å². The van der Waals surface area contributed by atoms with Gasteiger partial charge in [-0.1, -0.05) is 12.8 Å². The second-order valence-electron chi connectivity index (χ2n) is 7.54. The smallest absolute Gasteiger partial charge is 0.262 e. The van der Waals surface area contributed by atoms with Gasteiger partial charge in [-0.3, -0.25) is 4.72 Å². The predicted molar refractivity (Wildman–Crippen MR) is 117 cm³/mol. The van der Waals surface area contributed by atoms with E-state index in [4.69, 9.17) is 4.74 Å². The number of hydrogen-bond acceptors (Lipinski definition) is 5. The van der Waals surface area contributed by atoms with Crippen molar-refractivity contribution in [2.45, 2.75) is 49.3 Å². The molecule has 1 N–H and O–H groups in total. The highest BCUT2D eigenvalue weighted by molar-refractivity contribution is 7.92. The number of sulfonamides is 2. The van der Waals surface area contributed by atoms with Gasteiger partial charge < -0.3 is 4.74 Å². The number of ether oxygens (including phenoxy) is 1. The first-order valence-electron chi connectivity index (χ1n) is 9.93. The van der Waals surface area contributed by atoms with E-state index in [1.807, 2.05) is 0 Å². The molecule has 9 heteroatoms. The first-order chi connectivity index (χ1) is 14.1. The topological polar surface area (TPSA) is 92.8 Å². The SMILES string of the molecule is COc1cc(C)c(S(=O)(=O)Nc2ccc(S(=O)(=O)N3CCCCCC3)cc2)c(C)c1. The van der Waals surface area contributed by atoms with E-state index in [1.54, 1.807) is 26.0 Å². The molecule has 0 aromatic heterocycles. The van der Waals surface area contributed by atoms with Crippen molar-refractivity contribution in [2.24, 2.45) is 0 Å². The van der Waals surface area contributed by atoms with Gasteiger partial charge in [-0.2, -0.15) is 4.31 Å². The van der Waals surface area contributed by atoms with Gasteiger partial charge in [0.1, 0.15) is 5.75 Å². The number of benzene rings is 2. The molecule has 2 aromatic carbocycles. The van der Waals surface area contributed by atoms with Crippen LogP contribution >= 0.6 is 0 Å². The summed E-state index contributed by atoms with van der Waals surface area (Å²) >= 11 is 0. The third-order valence-corrected chi connectivity index (χ3v) is 8.85. The Morgan fingerprint density at radius 2 is 1.40 bits per heavy atom. The summed E-state index contributed by atoms with van der Waals surface area (Å²) in [5.41, 5.74) is 1.44. The first-order valence-corrected chi connectivity index (χ1v) is 12.9. The fourth-order valence-corrected chi connectivity index (χ4v) is 6.82. The van der Waals surface area contributed by atoms with E-state index in [-0.39, 0.29) is 9.79 Å². The third-order valence-electron chi connectivity index (χ3n) is 5.25. The highest BCUT2D eigenvalue weighted by atomic mass is 32.2. The van der Waals surface area contributed by atoms with E-state index in [0.717, 1.165) is 25.7 Å². The number of methoxy groups -OCH3 is 1. The highest BCUT2D eigenvalue weighted by Gasteiger charge is 2.25. The molecule has 2 aromatic rings. The van der Waals surface area contributed by atoms with Gasteiger partial charge >= 0.3 is 0 Å². The Balaban J connectivity index is 1.83. The minimum atomic E-state index is -3.84. The van der Waals surface area contributed by atoms with E-state index in [1.165, 1.54) is 35.7 Å². The molecule has 1 aliphatic heterocycles. The van der Waals surface area contributed by atoms with Crippen LogP contribution in [-0.4, -0.2) is 41.3 Å². The summed E-state index contributed by atoms with van der Waals surface area (Å²) in [6.45, 7) is 4.46. The molecule has 0 atom stereocenters. The number of hydrogen-bond donors (Lipinski definition) is 1. The average Bonchev–Trinajstić information content (AvgIpc) is 2.97. The van der Waals surface area contributed by atoms with E-state index >= 15 is 0 Å². The zero-order valence-electron chi connectivity index (χ0n) is 17.5. The second kappa shape index (κ2) is 8.95. The maximum Gasteiger partial charge on any atom is 0.262 e. The van der Waals surface area contributed by atoms with E-state index in [9.17, 15) is 16.8 Å². The van der Waals surface area contributed by atoms with Crippen molar-refractivity contribution in [3.05, 3.63) is 47.5 Å². The Hall–Kier alpha value is -2.10. The van der Waals surface area contributed by atoms with Crippen molar-refractivity contribution >= 4 is 25.7 Å². The molecule has 1 fully saturated rings. The molecular weight excluding hydrogens is 424 g/mol. The maximum atomic E-state index is 12.9. The van der Waals surface area contributed by atoms with Crippen LogP contribution in [0.15, 0.2) is 46.2 Å². The number of anilines is 1. The van der Waals surface area contributed by atoms with Crippen LogP contribution in [0.3, 0.4) is 0 Å². The monoisotopic (exact) mass is 452 g/mol. The van der Waals surface area contributed by atoms with Gasteiger partial charge in [0.15, 0.2) is 0 Å². The lowest BCUT2D eigenvalue weighted by molar-refractivity contribution is 0.413. The molecule has 3 rings (SSSR count). The van der Waals surface area contributed by atoms with Gasteiger partial charge in [0.2, 0.25) is 10.0 Å². The highest BCUT2D eigenvalue weighted by Crippen LogP contribution is 2.28. The zero-order valence-corrected chi connectivity index (χ0v) is 19.1. The maximum absolute atomic E-state index is 12.9. The summed E-state index contributed by atoms with van der Waals surface area (Å²) in [5.74, 6) is 0.590. The second-order valence-corrected chi connectivity index (χ2v) is 11.1. The molecule has 0 aliphatic carbocycles. The lowest BCUT2D eigenvalue weighted by Gasteiger charge is -2.20. The summed E-state index contributed by atoms with van der Waals surface area (Å²) in [4.78, 5) is 0.355. The number of nitrogens with zero attached hydrogens (tertiary/aromatic N) is 1. The number of nitrogens with one attached hydrogen (secondary N) is 1. The van der Waals surface area contributed by atoms with Crippen LogP contribution in [0.1, 0.15) is 36.8 Å². The van der Waals surface area contributed by atoms with Crippen molar-refractivity contribution in [3.8, 4) is 5.75 Å². The largest absolute Gasteiger partial charge is 0.497 e. The molecule has 0 radical (unpaired) electrons. The average molecular weight is 453 g/mol. The summed E-state index contributed by atoms with van der Waals surface area (Å²) in [7, 11) is -5.89. The molecule has 1 aliphatic rings. The van der Waals surface area contributed by atoms with Gasteiger partial charge in [0.25, 0.3) is 10.0 Å². The third kappa shape index (κ3) is 4.79. The normalized spacial score (nSPS) is 16.1. The van der Waals surface area contributed by atoms with Crippen LogP contribution in [-0.2, 0) is 20.0 Å².